The number of benzene rings is 1. The average molecular weight is 266 g/mol. The summed E-state index contributed by atoms with van der Waals surface area (Å²) in [5, 5.41) is 10.7. The number of nitrogens with two attached hydrogens (primary N) is 1. The molecule has 18 heavy (non-hydrogen) atoms. The van der Waals surface area contributed by atoms with Gasteiger partial charge in [0.1, 0.15) is 0 Å². The lowest BCUT2D eigenvalue weighted by atomic mass is 10.1. The molecule has 0 bridgehead atoms. The lowest BCUT2D eigenvalue weighted by Crippen LogP contribution is -2.34. The Hall–Kier alpha value is -1.99. The second-order valence-corrected chi connectivity index (χ2v) is 3.52. The summed E-state index contributed by atoms with van der Waals surface area (Å²) in [6, 6.07) is 3.35. The predicted octanol–water partition coefficient (Wildman–Crippen LogP) is 2.28. The Balaban J connectivity index is 2.76. The number of nitrogen functional groups attached to an aromatic ring is 1. The maximum atomic E-state index is 12.6. The van der Waals surface area contributed by atoms with Crippen LogP contribution in [0, 0.1) is 0 Å². The Morgan fingerprint density at radius 2 is 2.06 bits per heavy atom. The normalized spacial score (nSPS) is 11.6. The van der Waals surface area contributed by atoms with Gasteiger partial charge in [-0.05, 0) is 18.2 Å². The molecule has 1 aromatic rings. The van der Waals surface area contributed by atoms with Crippen LogP contribution in [0.3, 0.4) is 0 Å². The molecule has 0 aliphatic carbocycles. The first-order valence-corrected chi connectivity index (χ1v) is 4.76. The first kappa shape index (κ1) is 14.1. The van der Waals surface area contributed by atoms with Crippen molar-refractivity contribution >= 4 is 17.3 Å². The van der Waals surface area contributed by atoms with Gasteiger partial charge in [-0.25, -0.2) is 13.6 Å². The highest BCUT2D eigenvalue weighted by Crippen LogP contribution is 2.24. The standard InChI is InChI=1S/C10H10F4N2O2/c11-9(12)10(13,14)4-16-5-1-2-6(8(17)18)7(15)3-5/h1-3,9,16H,4,15H2,(H,17,18). The van der Waals surface area contributed by atoms with Crippen LogP contribution >= 0.6 is 0 Å². The maximum absolute atomic E-state index is 12.6. The minimum atomic E-state index is -4.17. The number of carboxylic acids is 1. The topological polar surface area (TPSA) is 75.3 Å². The van der Waals surface area contributed by atoms with Crippen molar-refractivity contribution in [2.45, 2.75) is 12.3 Å². The van der Waals surface area contributed by atoms with Crippen LogP contribution in [0.2, 0.25) is 0 Å². The predicted molar refractivity (Wildman–Crippen MR) is 57.3 cm³/mol. The third-order valence-electron chi connectivity index (χ3n) is 2.13. The molecule has 0 radical (unpaired) electrons. The zero-order valence-corrected chi connectivity index (χ0v) is 8.96. The van der Waals surface area contributed by atoms with Crippen LogP contribution in [-0.4, -0.2) is 30.0 Å². The van der Waals surface area contributed by atoms with Gasteiger partial charge in [-0.2, -0.15) is 8.78 Å². The summed E-state index contributed by atoms with van der Waals surface area (Å²) in [5.41, 5.74) is 5.07. The van der Waals surface area contributed by atoms with Crippen molar-refractivity contribution in [3.63, 3.8) is 0 Å². The molecular formula is C10H10F4N2O2. The Kier molecular flexibility index (Phi) is 4.00. The van der Waals surface area contributed by atoms with Gasteiger partial charge in [0.15, 0.2) is 0 Å². The van der Waals surface area contributed by atoms with Crippen LogP contribution < -0.4 is 11.1 Å². The van der Waals surface area contributed by atoms with Gasteiger partial charge < -0.3 is 16.2 Å². The van der Waals surface area contributed by atoms with Crippen molar-refractivity contribution in [2.24, 2.45) is 0 Å². The molecule has 100 valence electrons. The number of nitrogens with one attached hydrogen (secondary N) is 1. The Bertz CT molecular complexity index is 452. The minimum Gasteiger partial charge on any atom is -0.478 e. The number of carbonyl (C=O) groups is 1. The molecule has 1 aromatic carbocycles. The third kappa shape index (κ3) is 3.25. The van der Waals surface area contributed by atoms with E-state index in [0.717, 1.165) is 12.1 Å². The van der Waals surface area contributed by atoms with Gasteiger partial charge in [0.25, 0.3) is 0 Å². The minimum absolute atomic E-state index is 0.0397. The van der Waals surface area contributed by atoms with Gasteiger partial charge in [-0.15, -0.1) is 0 Å². The van der Waals surface area contributed by atoms with Crippen molar-refractivity contribution < 1.29 is 27.5 Å². The lowest BCUT2D eigenvalue weighted by Gasteiger charge is -2.16. The SMILES string of the molecule is Nc1cc(NCC(F)(F)C(F)F)ccc1C(=O)O. The summed E-state index contributed by atoms with van der Waals surface area (Å²) in [5.74, 6) is -5.43. The van der Waals surface area contributed by atoms with E-state index in [4.69, 9.17) is 10.8 Å². The molecule has 0 amide bonds. The number of aromatic carboxylic acids is 1. The fourth-order valence-electron chi connectivity index (χ4n) is 1.16. The van der Waals surface area contributed by atoms with E-state index in [1.54, 1.807) is 0 Å². The molecule has 0 unspecified atom stereocenters. The number of alkyl halides is 4. The highest BCUT2D eigenvalue weighted by Gasteiger charge is 2.40. The maximum Gasteiger partial charge on any atom is 0.337 e. The quantitative estimate of drug-likeness (QED) is 0.564. The number of halogens is 4. The number of hydrogen-bond acceptors (Lipinski definition) is 3. The summed E-state index contributed by atoms with van der Waals surface area (Å²) in [6.45, 7) is -1.27. The number of carboxylic acid groups (broad SMARTS) is 1. The van der Waals surface area contributed by atoms with E-state index >= 15 is 0 Å². The van der Waals surface area contributed by atoms with Gasteiger partial charge in [-0.3, -0.25) is 0 Å². The zero-order valence-electron chi connectivity index (χ0n) is 8.96. The summed E-state index contributed by atoms with van der Waals surface area (Å²) >= 11 is 0. The highest BCUT2D eigenvalue weighted by atomic mass is 19.3. The van der Waals surface area contributed by atoms with Crippen molar-refractivity contribution in [3.05, 3.63) is 23.8 Å². The molecule has 4 nitrogen and oxygen atoms in total. The average Bonchev–Trinajstić information content (AvgIpc) is 2.25. The monoisotopic (exact) mass is 266 g/mol. The largest absolute Gasteiger partial charge is 0.478 e. The van der Waals surface area contributed by atoms with Crippen LogP contribution in [0.25, 0.3) is 0 Å². The molecule has 0 atom stereocenters. The Labute approximate surface area is 99.4 Å². The van der Waals surface area contributed by atoms with Gasteiger partial charge >= 0.3 is 18.3 Å². The first-order valence-electron chi connectivity index (χ1n) is 4.76. The molecule has 4 N–H and O–H groups in total. The van der Waals surface area contributed by atoms with E-state index in [-0.39, 0.29) is 16.9 Å². The van der Waals surface area contributed by atoms with Crippen molar-refractivity contribution in [1.29, 1.82) is 0 Å². The molecule has 0 saturated carbocycles. The molecule has 0 spiro atoms. The van der Waals surface area contributed by atoms with Crippen molar-refractivity contribution in [3.8, 4) is 0 Å². The van der Waals surface area contributed by atoms with Crippen LogP contribution in [0.1, 0.15) is 10.4 Å². The Morgan fingerprint density at radius 3 is 2.50 bits per heavy atom. The molecule has 0 fully saturated rings. The van der Waals surface area contributed by atoms with Gasteiger partial charge in [0.05, 0.1) is 12.1 Å². The highest BCUT2D eigenvalue weighted by molar-refractivity contribution is 5.94. The van der Waals surface area contributed by atoms with Crippen LogP contribution in [0.5, 0.6) is 0 Å². The van der Waals surface area contributed by atoms with Crippen LogP contribution in [0.4, 0.5) is 28.9 Å². The smallest absolute Gasteiger partial charge is 0.337 e. The van der Waals surface area contributed by atoms with E-state index in [1.807, 2.05) is 0 Å². The van der Waals surface area contributed by atoms with E-state index in [1.165, 1.54) is 6.07 Å². The van der Waals surface area contributed by atoms with E-state index in [0.29, 0.717) is 0 Å². The van der Waals surface area contributed by atoms with E-state index < -0.39 is 24.9 Å². The fourth-order valence-corrected chi connectivity index (χ4v) is 1.16. The second-order valence-electron chi connectivity index (χ2n) is 3.52. The van der Waals surface area contributed by atoms with Crippen molar-refractivity contribution in [2.75, 3.05) is 17.6 Å². The summed E-state index contributed by atoms with van der Waals surface area (Å²) in [7, 11) is 0. The number of rotatable bonds is 5. The molecule has 1 rings (SSSR count). The molecule has 0 aliphatic rings. The molecule has 0 heterocycles. The summed E-state index contributed by atoms with van der Waals surface area (Å²) in [4.78, 5) is 10.6. The lowest BCUT2D eigenvalue weighted by molar-refractivity contribution is -0.117. The van der Waals surface area contributed by atoms with E-state index in [9.17, 15) is 22.4 Å². The third-order valence-corrected chi connectivity index (χ3v) is 2.13. The molecule has 0 aromatic heterocycles. The van der Waals surface area contributed by atoms with Crippen LogP contribution in [-0.2, 0) is 0 Å². The van der Waals surface area contributed by atoms with Crippen molar-refractivity contribution in [1.82, 2.24) is 0 Å². The summed E-state index contributed by atoms with van der Waals surface area (Å²) < 4.78 is 48.9. The van der Waals surface area contributed by atoms with E-state index in [2.05, 4.69) is 5.32 Å². The summed E-state index contributed by atoms with van der Waals surface area (Å²) in [6.07, 6.45) is -3.78. The molecule has 0 saturated heterocycles. The number of hydrogen-bond donors (Lipinski definition) is 3. The second kappa shape index (κ2) is 5.11. The van der Waals surface area contributed by atoms with Crippen LogP contribution in [0.15, 0.2) is 18.2 Å². The van der Waals surface area contributed by atoms with Gasteiger partial charge in [0.2, 0.25) is 0 Å². The number of anilines is 2. The molecule has 0 aliphatic heterocycles. The first-order chi connectivity index (χ1) is 8.24. The molecule has 8 heteroatoms. The Morgan fingerprint density at radius 1 is 1.44 bits per heavy atom. The molecular weight excluding hydrogens is 256 g/mol. The fraction of sp³-hybridized carbons (Fsp3) is 0.300. The van der Waals surface area contributed by atoms with Gasteiger partial charge in [0, 0.05) is 11.4 Å². The van der Waals surface area contributed by atoms with Gasteiger partial charge in [-0.1, -0.05) is 0 Å². The zero-order chi connectivity index (χ0) is 13.9.